The fraction of sp³-hybridized carbons (Fsp3) is 0.429. The lowest BCUT2D eigenvalue weighted by atomic mass is 9.86. The van der Waals surface area contributed by atoms with Crippen LogP contribution in [0.1, 0.15) is 36.2 Å². The highest BCUT2D eigenvalue weighted by molar-refractivity contribution is 5.97. The average Bonchev–Trinajstić information content (AvgIpc) is 2.95. The van der Waals surface area contributed by atoms with Gasteiger partial charge in [-0.3, -0.25) is 14.6 Å². The summed E-state index contributed by atoms with van der Waals surface area (Å²) in [6, 6.07) is 7.89. The number of pyridine rings is 2. The lowest BCUT2D eigenvalue weighted by Gasteiger charge is -2.33. The summed E-state index contributed by atoms with van der Waals surface area (Å²) in [6.07, 6.45) is 6.57. The van der Waals surface area contributed by atoms with Gasteiger partial charge >= 0.3 is 0 Å². The molecule has 0 bridgehead atoms. The van der Waals surface area contributed by atoms with Gasteiger partial charge in [0.1, 0.15) is 12.3 Å². The van der Waals surface area contributed by atoms with Gasteiger partial charge in [0.2, 0.25) is 5.91 Å². The van der Waals surface area contributed by atoms with Crippen LogP contribution in [0.3, 0.4) is 0 Å². The van der Waals surface area contributed by atoms with Crippen LogP contribution >= 0.6 is 0 Å². The van der Waals surface area contributed by atoms with E-state index in [2.05, 4.69) is 9.97 Å². The minimum absolute atomic E-state index is 0.0614. The number of nitrogens with two attached hydrogens (primary N) is 1. The summed E-state index contributed by atoms with van der Waals surface area (Å²) in [5, 5.41) is 0.713. The van der Waals surface area contributed by atoms with E-state index in [1.54, 1.807) is 30.6 Å². The second-order valence-corrected chi connectivity index (χ2v) is 9.60. The van der Waals surface area contributed by atoms with Gasteiger partial charge in [0.15, 0.2) is 11.6 Å². The summed E-state index contributed by atoms with van der Waals surface area (Å²) >= 11 is 0. The number of amides is 2. The van der Waals surface area contributed by atoms with Crippen LogP contribution in [0, 0.1) is 11.7 Å². The summed E-state index contributed by atoms with van der Waals surface area (Å²) < 4.78 is 31.8. The first-order valence-electron chi connectivity index (χ1n) is 12.9. The molecule has 5 rings (SSSR count). The van der Waals surface area contributed by atoms with Crippen molar-refractivity contribution in [2.75, 3.05) is 39.5 Å². The maximum atomic E-state index is 14.9. The normalized spacial score (nSPS) is 19.9. The Balaban J connectivity index is 1.12. The Morgan fingerprint density at radius 3 is 2.58 bits per heavy atom. The highest BCUT2D eigenvalue weighted by Crippen LogP contribution is 2.31. The highest BCUT2D eigenvalue weighted by Gasteiger charge is 2.30. The number of benzene rings is 1. The van der Waals surface area contributed by atoms with E-state index in [0.717, 1.165) is 25.7 Å². The summed E-state index contributed by atoms with van der Waals surface area (Å²) in [4.78, 5) is 34.7. The third-order valence-corrected chi connectivity index (χ3v) is 7.13. The molecule has 200 valence electrons. The zero-order valence-corrected chi connectivity index (χ0v) is 21.1. The van der Waals surface area contributed by atoms with E-state index in [1.807, 2.05) is 4.90 Å². The van der Waals surface area contributed by atoms with Gasteiger partial charge in [0.05, 0.1) is 31.4 Å². The molecule has 38 heavy (non-hydrogen) atoms. The number of aromatic nitrogens is 2. The second-order valence-electron chi connectivity index (χ2n) is 9.60. The molecule has 3 heterocycles. The van der Waals surface area contributed by atoms with Crippen LogP contribution in [-0.2, 0) is 14.3 Å². The molecule has 1 aliphatic carbocycles. The molecule has 1 aliphatic heterocycles. The number of carbonyl (C=O) groups excluding carboxylic acids is 2. The predicted molar refractivity (Wildman–Crippen MR) is 138 cm³/mol. The van der Waals surface area contributed by atoms with Crippen molar-refractivity contribution >= 4 is 22.7 Å². The van der Waals surface area contributed by atoms with Gasteiger partial charge in [0.25, 0.3) is 5.91 Å². The van der Waals surface area contributed by atoms with Crippen LogP contribution in [0.25, 0.3) is 22.0 Å². The molecule has 1 saturated heterocycles. The van der Waals surface area contributed by atoms with Crippen molar-refractivity contribution in [2.24, 2.45) is 11.7 Å². The number of ether oxygens (including phenoxy) is 3. The first-order chi connectivity index (χ1) is 18.5. The standard InChI is InChI=1S/C28H31FN4O5/c29-23-15-19(22-17-31-16-20-3-7-24(27(30)34)32-26(20)22)4-8-25(23)38-14-13-37-21-5-1-18(2-6-21)28(35)33-9-11-36-12-10-33/h3-4,7-8,15-18,21H,1-2,5-6,9-14H2,(H2,30,34). The Morgan fingerprint density at radius 1 is 1.05 bits per heavy atom. The molecule has 1 saturated carbocycles. The molecule has 2 fully saturated rings. The molecule has 10 heteroatoms. The summed E-state index contributed by atoms with van der Waals surface area (Å²) in [7, 11) is 0. The van der Waals surface area contributed by atoms with Gasteiger partial charge in [-0.1, -0.05) is 6.07 Å². The minimum atomic E-state index is -0.638. The molecule has 2 N–H and O–H groups in total. The largest absolute Gasteiger partial charge is 0.488 e. The molecular formula is C28H31FN4O5. The lowest BCUT2D eigenvalue weighted by Crippen LogP contribution is -2.44. The first kappa shape index (κ1) is 26.0. The number of rotatable bonds is 8. The molecule has 0 spiro atoms. The van der Waals surface area contributed by atoms with Crippen molar-refractivity contribution in [3.05, 3.63) is 54.2 Å². The molecule has 2 aromatic heterocycles. The smallest absolute Gasteiger partial charge is 0.267 e. The Kier molecular flexibility index (Phi) is 8.09. The fourth-order valence-corrected chi connectivity index (χ4v) is 5.06. The topological polar surface area (TPSA) is 117 Å². The molecular weight excluding hydrogens is 491 g/mol. The predicted octanol–water partition coefficient (Wildman–Crippen LogP) is 3.35. The van der Waals surface area contributed by atoms with E-state index < -0.39 is 11.7 Å². The van der Waals surface area contributed by atoms with Crippen molar-refractivity contribution in [1.29, 1.82) is 0 Å². The van der Waals surface area contributed by atoms with Crippen LogP contribution in [0.4, 0.5) is 4.39 Å². The quantitative estimate of drug-likeness (QED) is 0.451. The maximum Gasteiger partial charge on any atom is 0.267 e. The number of halogens is 1. The van der Waals surface area contributed by atoms with Gasteiger partial charge in [-0.25, -0.2) is 9.37 Å². The van der Waals surface area contributed by atoms with E-state index in [4.69, 9.17) is 19.9 Å². The Labute approximate surface area is 220 Å². The van der Waals surface area contributed by atoms with Gasteiger partial charge in [0, 0.05) is 42.4 Å². The van der Waals surface area contributed by atoms with Crippen LogP contribution in [0.5, 0.6) is 5.75 Å². The molecule has 2 amide bonds. The Hall–Kier alpha value is -3.63. The molecule has 0 radical (unpaired) electrons. The average molecular weight is 523 g/mol. The zero-order chi connectivity index (χ0) is 26.5. The fourth-order valence-electron chi connectivity index (χ4n) is 5.06. The second kappa shape index (κ2) is 11.8. The zero-order valence-electron chi connectivity index (χ0n) is 21.1. The van der Waals surface area contributed by atoms with Gasteiger partial charge in [-0.05, 0) is 55.5 Å². The number of primary amides is 1. The molecule has 2 aliphatic rings. The van der Waals surface area contributed by atoms with Gasteiger partial charge in [-0.2, -0.15) is 0 Å². The number of morpholine rings is 1. The van der Waals surface area contributed by atoms with Crippen LogP contribution in [0.15, 0.2) is 42.7 Å². The van der Waals surface area contributed by atoms with E-state index in [9.17, 15) is 14.0 Å². The van der Waals surface area contributed by atoms with Crippen molar-refractivity contribution < 1.29 is 28.2 Å². The van der Waals surface area contributed by atoms with Crippen LogP contribution < -0.4 is 10.5 Å². The summed E-state index contributed by atoms with van der Waals surface area (Å²) in [6.45, 7) is 3.13. The summed E-state index contributed by atoms with van der Waals surface area (Å²) in [5.41, 5.74) is 7.15. The molecule has 1 aromatic carbocycles. The monoisotopic (exact) mass is 522 g/mol. The number of hydrogen-bond acceptors (Lipinski definition) is 7. The number of hydrogen-bond donors (Lipinski definition) is 1. The molecule has 0 unspecified atom stereocenters. The van der Waals surface area contributed by atoms with Crippen LogP contribution in [-0.4, -0.2) is 72.3 Å². The Morgan fingerprint density at radius 2 is 1.84 bits per heavy atom. The van der Waals surface area contributed by atoms with Crippen molar-refractivity contribution in [1.82, 2.24) is 14.9 Å². The minimum Gasteiger partial charge on any atom is -0.488 e. The van der Waals surface area contributed by atoms with Crippen molar-refractivity contribution in [2.45, 2.75) is 31.8 Å². The third kappa shape index (κ3) is 5.92. The highest BCUT2D eigenvalue weighted by atomic mass is 19.1. The maximum absolute atomic E-state index is 14.9. The van der Waals surface area contributed by atoms with Crippen molar-refractivity contribution in [3.8, 4) is 16.9 Å². The van der Waals surface area contributed by atoms with E-state index in [-0.39, 0.29) is 36.0 Å². The van der Waals surface area contributed by atoms with E-state index >= 15 is 0 Å². The van der Waals surface area contributed by atoms with Gasteiger partial charge in [-0.15, -0.1) is 0 Å². The molecule has 9 nitrogen and oxygen atoms in total. The Bertz CT molecular complexity index is 1310. The molecule has 3 aromatic rings. The third-order valence-electron chi connectivity index (χ3n) is 7.13. The first-order valence-corrected chi connectivity index (χ1v) is 12.9. The van der Waals surface area contributed by atoms with E-state index in [0.29, 0.717) is 54.9 Å². The summed E-state index contributed by atoms with van der Waals surface area (Å²) in [5.74, 6) is -0.742. The van der Waals surface area contributed by atoms with Gasteiger partial charge < -0.3 is 24.8 Å². The van der Waals surface area contributed by atoms with E-state index in [1.165, 1.54) is 12.1 Å². The lowest BCUT2D eigenvalue weighted by molar-refractivity contribution is -0.141. The number of nitrogens with zero attached hydrogens (tertiary/aromatic N) is 3. The number of fused-ring (bicyclic) bond motifs is 1. The number of carbonyl (C=O) groups is 2. The van der Waals surface area contributed by atoms with Crippen LogP contribution in [0.2, 0.25) is 0 Å². The van der Waals surface area contributed by atoms with Crippen molar-refractivity contribution in [3.63, 3.8) is 0 Å². The SMILES string of the molecule is NC(=O)c1ccc2cncc(-c3ccc(OCCOC4CCC(C(=O)N5CCOCC5)CC4)c(F)c3)c2n1. The molecule has 0 atom stereocenters.